The monoisotopic (exact) mass is 241 g/mol. The van der Waals surface area contributed by atoms with E-state index in [1.807, 2.05) is 12.3 Å². The van der Waals surface area contributed by atoms with Crippen LogP contribution in [0.1, 0.15) is 19.8 Å². The van der Waals surface area contributed by atoms with Crippen molar-refractivity contribution in [1.29, 1.82) is 0 Å². The highest BCUT2D eigenvalue weighted by Crippen LogP contribution is 2.23. The first-order chi connectivity index (χ1) is 8.83. The van der Waals surface area contributed by atoms with Gasteiger partial charge >= 0.3 is 0 Å². The standard InChI is InChI=1S/C15H19N3/c1-11-10-12(6-8-16-11)18-15-7-9-17-14-5-3-2-4-13(14)15/h2-5,7,9,11-12,16H,6,8,10H2,1H3,(H,17,18). The third-order valence-corrected chi connectivity index (χ3v) is 3.63. The lowest BCUT2D eigenvalue weighted by atomic mass is 10.00. The number of fused-ring (bicyclic) bond motifs is 1. The van der Waals surface area contributed by atoms with Gasteiger partial charge in [-0.3, -0.25) is 4.98 Å². The number of anilines is 1. The average molecular weight is 241 g/mol. The average Bonchev–Trinajstić information content (AvgIpc) is 2.39. The zero-order valence-corrected chi connectivity index (χ0v) is 10.7. The van der Waals surface area contributed by atoms with Crippen LogP contribution in [0.5, 0.6) is 0 Å². The molecule has 0 saturated carbocycles. The van der Waals surface area contributed by atoms with Gasteiger partial charge in [0.1, 0.15) is 0 Å². The molecule has 2 unspecified atom stereocenters. The van der Waals surface area contributed by atoms with Crippen molar-refractivity contribution in [2.75, 3.05) is 11.9 Å². The number of benzene rings is 1. The van der Waals surface area contributed by atoms with E-state index in [1.165, 1.54) is 23.9 Å². The number of piperidine rings is 1. The summed E-state index contributed by atoms with van der Waals surface area (Å²) in [5, 5.41) is 8.37. The highest BCUT2D eigenvalue weighted by atomic mass is 15.0. The van der Waals surface area contributed by atoms with Gasteiger partial charge in [-0.15, -0.1) is 0 Å². The molecule has 18 heavy (non-hydrogen) atoms. The second-order valence-electron chi connectivity index (χ2n) is 5.10. The lowest BCUT2D eigenvalue weighted by Gasteiger charge is -2.29. The normalized spacial score (nSPS) is 24.1. The molecule has 0 radical (unpaired) electrons. The van der Waals surface area contributed by atoms with Crippen LogP contribution in [0.25, 0.3) is 10.9 Å². The van der Waals surface area contributed by atoms with Crippen molar-refractivity contribution in [2.45, 2.75) is 31.8 Å². The Morgan fingerprint density at radius 1 is 1.28 bits per heavy atom. The first kappa shape index (κ1) is 11.5. The van der Waals surface area contributed by atoms with Crippen molar-refractivity contribution in [1.82, 2.24) is 10.3 Å². The van der Waals surface area contributed by atoms with Crippen LogP contribution in [0.4, 0.5) is 5.69 Å². The Labute approximate surface area is 108 Å². The van der Waals surface area contributed by atoms with Crippen LogP contribution in [-0.2, 0) is 0 Å². The Bertz CT molecular complexity index is 533. The second-order valence-corrected chi connectivity index (χ2v) is 5.10. The summed E-state index contributed by atoms with van der Waals surface area (Å²) in [6.45, 7) is 3.35. The summed E-state index contributed by atoms with van der Waals surface area (Å²) in [7, 11) is 0. The first-order valence-corrected chi connectivity index (χ1v) is 6.66. The molecular weight excluding hydrogens is 222 g/mol. The first-order valence-electron chi connectivity index (χ1n) is 6.66. The van der Waals surface area contributed by atoms with Crippen LogP contribution in [-0.4, -0.2) is 23.6 Å². The molecule has 1 aromatic heterocycles. The molecule has 0 bridgehead atoms. The van der Waals surface area contributed by atoms with Crippen molar-refractivity contribution in [2.24, 2.45) is 0 Å². The number of rotatable bonds is 2. The third kappa shape index (κ3) is 2.31. The zero-order valence-electron chi connectivity index (χ0n) is 10.7. The molecule has 3 heteroatoms. The molecule has 2 N–H and O–H groups in total. The van der Waals surface area contributed by atoms with Crippen LogP contribution in [0, 0.1) is 0 Å². The summed E-state index contributed by atoms with van der Waals surface area (Å²) >= 11 is 0. The lowest BCUT2D eigenvalue weighted by Crippen LogP contribution is -2.41. The molecule has 3 rings (SSSR count). The maximum atomic E-state index is 4.40. The van der Waals surface area contributed by atoms with Crippen molar-refractivity contribution in [3.63, 3.8) is 0 Å². The van der Waals surface area contributed by atoms with Gasteiger partial charge in [0, 0.05) is 29.4 Å². The van der Waals surface area contributed by atoms with E-state index in [1.54, 1.807) is 0 Å². The van der Waals surface area contributed by atoms with Crippen molar-refractivity contribution >= 4 is 16.6 Å². The molecule has 0 amide bonds. The molecule has 2 heterocycles. The van der Waals surface area contributed by atoms with Gasteiger partial charge in [-0.05, 0) is 38.4 Å². The Morgan fingerprint density at radius 2 is 2.17 bits per heavy atom. The maximum absolute atomic E-state index is 4.40. The molecular formula is C15H19N3. The fourth-order valence-corrected chi connectivity index (χ4v) is 2.70. The zero-order chi connectivity index (χ0) is 12.4. The number of pyridine rings is 1. The van der Waals surface area contributed by atoms with Gasteiger partial charge in [0.2, 0.25) is 0 Å². The lowest BCUT2D eigenvalue weighted by molar-refractivity contribution is 0.396. The van der Waals surface area contributed by atoms with Crippen molar-refractivity contribution in [3.05, 3.63) is 36.5 Å². The van der Waals surface area contributed by atoms with E-state index >= 15 is 0 Å². The number of hydrogen-bond acceptors (Lipinski definition) is 3. The number of nitrogens with zero attached hydrogens (tertiary/aromatic N) is 1. The summed E-state index contributed by atoms with van der Waals surface area (Å²) in [6, 6.07) is 11.5. The molecule has 1 fully saturated rings. The van der Waals surface area contributed by atoms with E-state index in [9.17, 15) is 0 Å². The van der Waals surface area contributed by atoms with Gasteiger partial charge in [-0.25, -0.2) is 0 Å². The van der Waals surface area contributed by atoms with Crippen LogP contribution < -0.4 is 10.6 Å². The van der Waals surface area contributed by atoms with E-state index in [4.69, 9.17) is 0 Å². The molecule has 0 aliphatic carbocycles. The minimum atomic E-state index is 0.562. The molecule has 1 aliphatic heterocycles. The van der Waals surface area contributed by atoms with E-state index in [-0.39, 0.29) is 0 Å². The molecule has 2 atom stereocenters. The molecule has 3 nitrogen and oxygen atoms in total. The SMILES string of the molecule is CC1CC(Nc2ccnc3ccccc23)CCN1. The van der Waals surface area contributed by atoms with Crippen molar-refractivity contribution < 1.29 is 0 Å². The predicted molar refractivity (Wildman–Crippen MR) is 75.9 cm³/mol. The minimum Gasteiger partial charge on any atom is -0.382 e. The second kappa shape index (κ2) is 4.94. The van der Waals surface area contributed by atoms with Gasteiger partial charge in [0.25, 0.3) is 0 Å². The van der Waals surface area contributed by atoms with E-state index in [0.29, 0.717) is 12.1 Å². The van der Waals surface area contributed by atoms with E-state index in [2.05, 4.69) is 46.8 Å². The summed E-state index contributed by atoms with van der Waals surface area (Å²) in [5.74, 6) is 0. The fourth-order valence-electron chi connectivity index (χ4n) is 2.70. The summed E-state index contributed by atoms with van der Waals surface area (Å²) in [5.41, 5.74) is 2.27. The molecule has 1 aliphatic rings. The highest BCUT2D eigenvalue weighted by molar-refractivity contribution is 5.90. The number of aromatic nitrogens is 1. The highest BCUT2D eigenvalue weighted by Gasteiger charge is 2.18. The van der Waals surface area contributed by atoms with Crippen LogP contribution >= 0.6 is 0 Å². The summed E-state index contributed by atoms with van der Waals surface area (Å²) < 4.78 is 0. The quantitative estimate of drug-likeness (QED) is 0.849. The number of nitrogens with one attached hydrogen (secondary N) is 2. The van der Waals surface area contributed by atoms with Crippen LogP contribution in [0.15, 0.2) is 36.5 Å². The van der Waals surface area contributed by atoms with Crippen LogP contribution in [0.3, 0.4) is 0 Å². The number of hydrogen-bond donors (Lipinski definition) is 2. The molecule has 1 aromatic carbocycles. The molecule has 0 spiro atoms. The Hall–Kier alpha value is -1.61. The minimum absolute atomic E-state index is 0.562. The van der Waals surface area contributed by atoms with Gasteiger partial charge in [0.15, 0.2) is 0 Å². The van der Waals surface area contributed by atoms with E-state index < -0.39 is 0 Å². The Morgan fingerprint density at radius 3 is 3.06 bits per heavy atom. The van der Waals surface area contributed by atoms with Gasteiger partial charge < -0.3 is 10.6 Å². The van der Waals surface area contributed by atoms with Gasteiger partial charge in [-0.2, -0.15) is 0 Å². The van der Waals surface area contributed by atoms with Gasteiger partial charge in [0.05, 0.1) is 5.52 Å². The largest absolute Gasteiger partial charge is 0.382 e. The number of para-hydroxylation sites is 1. The van der Waals surface area contributed by atoms with E-state index in [0.717, 1.165) is 12.1 Å². The smallest absolute Gasteiger partial charge is 0.0722 e. The van der Waals surface area contributed by atoms with Crippen molar-refractivity contribution in [3.8, 4) is 0 Å². The van der Waals surface area contributed by atoms with Crippen LogP contribution in [0.2, 0.25) is 0 Å². The summed E-state index contributed by atoms with van der Waals surface area (Å²) in [4.78, 5) is 4.40. The topological polar surface area (TPSA) is 37.0 Å². The molecule has 94 valence electrons. The molecule has 1 saturated heterocycles. The maximum Gasteiger partial charge on any atom is 0.0722 e. The Kier molecular flexibility index (Phi) is 3.15. The predicted octanol–water partition coefficient (Wildman–Crippen LogP) is 2.79. The third-order valence-electron chi connectivity index (χ3n) is 3.63. The Balaban J connectivity index is 1.86. The summed E-state index contributed by atoms with van der Waals surface area (Å²) in [6.07, 6.45) is 4.24. The molecule has 2 aromatic rings. The van der Waals surface area contributed by atoms with Gasteiger partial charge in [-0.1, -0.05) is 18.2 Å². The fraction of sp³-hybridized carbons (Fsp3) is 0.400.